The Morgan fingerprint density at radius 3 is 1.94 bits per heavy atom. The maximum Gasteiger partial charge on any atom is 0.262 e. The van der Waals surface area contributed by atoms with E-state index in [2.05, 4.69) is 0 Å². The second-order valence-electron chi connectivity index (χ2n) is 3.81. The maximum absolute atomic E-state index is 11.9. The standard InChI is InChI=1S/C12H11NO3/c1-7(8(2)14)13-11(15)9-5-3-4-6-10(9)12(13)16/h3-7H,1-2H3/t7-/m1/s1. The Hall–Kier alpha value is -1.97. The molecule has 0 aromatic heterocycles. The highest BCUT2D eigenvalue weighted by molar-refractivity contribution is 6.22. The van der Waals surface area contributed by atoms with Crippen molar-refractivity contribution in [2.75, 3.05) is 0 Å². The van der Waals surface area contributed by atoms with Gasteiger partial charge in [-0.25, -0.2) is 0 Å². The van der Waals surface area contributed by atoms with E-state index in [1.54, 1.807) is 31.2 Å². The van der Waals surface area contributed by atoms with Gasteiger partial charge in [0.05, 0.1) is 17.2 Å². The zero-order valence-corrected chi connectivity index (χ0v) is 9.06. The van der Waals surface area contributed by atoms with Gasteiger partial charge in [-0.2, -0.15) is 0 Å². The van der Waals surface area contributed by atoms with Crippen LogP contribution in [-0.4, -0.2) is 28.5 Å². The minimum absolute atomic E-state index is 0.200. The molecule has 1 aromatic carbocycles. The summed E-state index contributed by atoms with van der Waals surface area (Å²) in [7, 11) is 0. The Balaban J connectivity index is 2.46. The Morgan fingerprint density at radius 2 is 1.56 bits per heavy atom. The van der Waals surface area contributed by atoms with E-state index in [-0.39, 0.29) is 17.6 Å². The number of fused-ring (bicyclic) bond motifs is 1. The predicted molar refractivity (Wildman–Crippen MR) is 57.1 cm³/mol. The summed E-state index contributed by atoms with van der Waals surface area (Å²) in [6, 6.07) is 5.90. The third kappa shape index (κ3) is 1.34. The zero-order chi connectivity index (χ0) is 11.9. The molecule has 0 bridgehead atoms. The summed E-state index contributed by atoms with van der Waals surface area (Å²) in [4.78, 5) is 36.1. The molecule has 2 amide bonds. The first kappa shape index (κ1) is 10.5. The molecule has 0 unspecified atom stereocenters. The number of carbonyl (C=O) groups is 3. The molecular weight excluding hydrogens is 206 g/mol. The summed E-state index contributed by atoms with van der Waals surface area (Å²) >= 11 is 0. The molecule has 1 aromatic rings. The lowest BCUT2D eigenvalue weighted by Crippen LogP contribution is -2.41. The second-order valence-corrected chi connectivity index (χ2v) is 3.81. The molecule has 4 heteroatoms. The molecule has 82 valence electrons. The lowest BCUT2D eigenvalue weighted by molar-refractivity contribution is -0.120. The lowest BCUT2D eigenvalue weighted by atomic mass is 10.1. The van der Waals surface area contributed by atoms with Gasteiger partial charge in [0, 0.05) is 0 Å². The average Bonchev–Trinajstić information content (AvgIpc) is 2.52. The van der Waals surface area contributed by atoms with E-state index in [0.717, 1.165) is 4.90 Å². The van der Waals surface area contributed by atoms with Gasteiger partial charge in [0.1, 0.15) is 0 Å². The van der Waals surface area contributed by atoms with Crippen molar-refractivity contribution in [3.05, 3.63) is 35.4 Å². The summed E-state index contributed by atoms with van der Waals surface area (Å²) < 4.78 is 0. The second kappa shape index (κ2) is 3.56. The molecule has 0 radical (unpaired) electrons. The lowest BCUT2D eigenvalue weighted by Gasteiger charge is -2.19. The summed E-state index contributed by atoms with van der Waals surface area (Å²) in [5.74, 6) is -0.971. The fourth-order valence-electron chi connectivity index (χ4n) is 1.74. The molecule has 16 heavy (non-hydrogen) atoms. The first-order valence-corrected chi connectivity index (χ1v) is 5.01. The van der Waals surface area contributed by atoms with Gasteiger partial charge in [-0.05, 0) is 26.0 Å². The highest BCUT2D eigenvalue weighted by atomic mass is 16.2. The third-order valence-corrected chi connectivity index (χ3v) is 2.80. The van der Waals surface area contributed by atoms with E-state index in [9.17, 15) is 14.4 Å². The topological polar surface area (TPSA) is 54.5 Å². The first-order chi connectivity index (χ1) is 7.54. The van der Waals surface area contributed by atoms with Gasteiger partial charge >= 0.3 is 0 Å². The van der Waals surface area contributed by atoms with Crippen LogP contribution in [0.1, 0.15) is 34.6 Å². The van der Waals surface area contributed by atoms with Crippen LogP contribution in [0.5, 0.6) is 0 Å². The monoisotopic (exact) mass is 217 g/mol. The van der Waals surface area contributed by atoms with Crippen LogP contribution in [0.25, 0.3) is 0 Å². The molecule has 1 heterocycles. The van der Waals surface area contributed by atoms with E-state index < -0.39 is 6.04 Å². The van der Waals surface area contributed by atoms with Gasteiger partial charge in [-0.3, -0.25) is 19.3 Å². The minimum atomic E-state index is -0.701. The molecule has 0 saturated carbocycles. The van der Waals surface area contributed by atoms with E-state index in [1.165, 1.54) is 6.92 Å². The van der Waals surface area contributed by atoms with E-state index in [1.807, 2.05) is 0 Å². The van der Waals surface area contributed by atoms with Crippen LogP contribution in [0, 0.1) is 0 Å². The molecular formula is C12H11NO3. The van der Waals surface area contributed by atoms with Crippen LogP contribution in [0.3, 0.4) is 0 Å². The number of rotatable bonds is 2. The quantitative estimate of drug-likeness (QED) is 0.701. The molecule has 4 nitrogen and oxygen atoms in total. The highest BCUT2D eigenvalue weighted by Crippen LogP contribution is 2.24. The van der Waals surface area contributed by atoms with Crippen molar-refractivity contribution in [3.8, 4) is 0 Å². The molecule has 0 N–H and O–H groups in total. The molecule has 2 rings (SSSR count). The summed E-state index contributed by atoms with van der Waals surface area (Å²) in [6.45, 7) is 2.93. The summed E-state index contributed by atoms with van der Waals surface area (Å²) in [5, 5.41) is 0. The van der Waals surface area contributed by atoms with Crippen LogP contribution < -0.4 is 0 Å². The van der Waals surface area contributed by atoms with Crippen molar-refractivity contribution in [2.24, 2.45) is 0 Å². The van der Waals surface area contributed by atoms with Crippen molar-refractivity contribution in [1.82, 2.24) is 4.90 Å². The van der Waals surface area contributed by atoms with Gasteiger partial charge in [-0.15, -0.1) is 0 Å². The Kier molecular flexibility index (Phi) is 2.34. The number of ketones is 1. The Labute approximate surface area is 92.9 Å². The number of carbonyl (C=O) groups excluding carboxylic acids is 3. The molecule has 0 aliphatic carbocycles. The average molecular weight is 217 g/mol. The SMILES string of the molecule is CC(=O)[C@@H](C)N1C(=O)c2ccccc2C1=O. The van der Waals surface area contributed by atoms with Crippen LogP contribution in [-0.2, 0) is 4.79 Å². The van der Waals surface area contributed by atoms with E-state index in [4.69, 9.17) is 0 Å². The van der Waals surface area contributed by atoms with Gasteiger partial charge in [0.2, 0.25) is 0 Å². The van der Waals surface area contributed by atoms with Crippen molar-refractivity contribution >= 4 is 17.6 Å². The number of nitrogens with zero attached hydrogens (tertiary/aromatic N) is 1. The zero-order valence-electron chi connectivity index (χ0n) is 9.06. The number of imide groups is 1. The first-order valence-electron chi connectivity index (χ1n) is 5.01. The Morgan fingerprint density at radius 1 is 1.12 bits per heavy atom. The number of amides is 2. The molecule has 1 atom stereocenters. The predicted octanol–water partition coefficient (Wildman–Crippen LogP) is 1.26. The molecule has 0 spiro atoms. The number of Topliss-reactive ketones (excluding diaryl/α,β-unsaturated/α-hetero) is 1. The Bertz CT molecular complexity index is 458. The van der Waals surface area contributed by atoms with Crippen LogP contribution >= 0.6 is 0 Å². The number of hydrogen-bond acceptors (Lipinski definition) is 3. The fourth-order valence-corrected chi connectivity index (χ4v) is 1.74. The van der Waals surface area contributed by atoms with Crippen LogP contribution in [0.2, 0.25) is 0 Å². The van der Waals surface area contributed by atoms with Crippen molar-refractivity contribution in [1.29, 1.82) is 0 Å². The molecule has 1 aliphatic heterocycles. The maximum atomic E-state index is 11.9. The fraction of sp³-hybridized carbons (Fsp3) is 0.250. The highest BCUT2D eigenvalue weighted by Gasteiger charge is 2.39. The summed E-state index contributed by atoms with van der Waals surface area (Å²) in [5.41, 5.74) is 0.751. The van der Waals surface area contributed by atoms with Crippen molar-refractivity contribution in [3.63, 3.8) is 0 Å². The van der Waals surface area contributed by atoms with Crippen LogP contribution in [0.4, 0.5) is 0 Å². The molecule has 0 saturated heterocycles. The van der Waals surface area contributed by atoms with Crippen molar-refractivity contribution < 1.29 is 14.4 Å². The van der Waals surface area contributed by atoms with E-state index >= 15 is 0 Å². The number of hydrogen-bond donors (Lipinski definition) is 0. The normalized spacial score (nSPS) is 16.2. The largest absolute Gasteiger partial charge is 0.298 e. The number of benzene rings is 1. The molecule has 1 aliphatic rings. The van der Waals surface area contributed by atoms with E-state index in [0.29, 0.717) is 11.1 Å². The van der Waals surface area contributed by atoms with Gasteiger partial charge in [0.25, 0.3) is 11.8 Å². The van der Waals surface area contributed by atoms with Crippen molar-refractivity contribution in [2.45, 2.75) is 19.9 Å². The summed E-state index contributed by atoms with van der Waals surface area (Å²) in [6.07, 6.45) is 0. The smallest absolute Gasteiger partial charge is 0.262 e. The van der Waals surface area contributed by atoms with Crippen LogP contribution in [0.15, 0.2) is 24.3 Å². The third-order valence-electron chi connectivity index (χ3n) is 2.80. The van der Waals surface area contributed by atoms with Gasteiger partial charge in [-0.1, -0.05) is 12.1 Å². The molecule has 0 fully saturated rings. The van der Waals surface area contributed by atoms with Gasteiger partial charge < -0.3 is 0 Å². The minimum Gasteiger partial charge on any atom is -0.298 e. The van der Waals surface area contributed by atoms with Gasteiger partial charge in [0.15, 0.2) is 5.78 Å².